The molecule has 0 aliphatic carbocycles. The Morgan fingerprint density at radius 1 is 1.11 bits per heavy atom. The smallest absolute Gasteiger partial charge is 0.316 e. The molecule has 0 spiro atoms. The molecule has 2 amide bonds. The van der Waals surface area contributed by atoms with Crippen molar-refractivity contribution in [1.29, 1.82) is 0 Å². The molecular formula is C14H16N4O. The van der Waals surface area contributed by atoms with E-state index in [1.54, 1.807) is 24.5 Å². The normalized spacial score (nSPS) is 11.6. The highest BCUT2D eigenvalue weighted by Gasteiger charge is 2.04. The molecule has 1 heterocycles. The number of pyridine rings is 1. The fraction of sp³-hybridized carbons (Fsp3) is 0.143. The lowest BCUT2D eigenvalue weighted by molar-refractivity contribution is 0.259. The van der Waals surface area contributed by atoms with E-state index in [0.717, 1.165) is 11.3 Å². The molecule has 19 heavy (non-hydrogen) atoms. The Kier molecular flexibility index (Phi) is 3.97. The molecule has 0 radical (unpaired) electrons. The van der Waals surface area contributed by atoms with Gasteiger partial charge >= 0.3 is 6.03 Å². The van der Waals surface area contributed by atoms with E-state index < -0.39 is 6.03 Å². The fourth-order valence-electron chi connectivity index (χ4n) is 1.78. The molecule has 1 unspecified atom stereocenters. The third kappa shape index (κ3) is 3.70. The Morgan fingerprint density at radius 2 is 1.68 bits per heavy atom. The van der Waals surface area contributed by atoms with Crippen molar-refractivity contribution in [2.75, 3.05) is 10.6 Å². The predicted molar refractivity (Wildman–Crippen MR) is 75.9 cm³/mol. The number of rotatable bonds is 4. The maximum Gasteiger partial charge on any atom is 0.316 e. The van der Waals surface area contributed by atoms with Gasteiger partial charge < -0.3 is 16.4 Å². The van der Waals surface area contributed by atoms with Gasteiger partial charge in [-0.3, -0.25) is 4.98 Å². The number of anilines is 2. The fourth-order valence-corrected chi connectivity index (χ4v) is 1.78. The zero-order valence-corrected chi connectivity index (χ0v) is 10.6. The number of hydrogen-bond acceptors (Lipinski definition) is 3. The van der Waals surface area contributed by atoms with Gasteiger partial charge in [0, 0.05) is 29.8 Å². The van der Waals surface area contributed by atoms with Crippen LogP contribution in [0.4, 0.5) is 16.2 Å². The van der Waals surface area contributed by atoms with Crippen molar-refractivity contribution in [3.8, 4) is 0 Å². The molecule has 0 saturated heterocycles. The van der Waals surface area contributed by atoms with Crippen molar-refractivity contribution >= 4 is 17.4 Å². The number of urea groups is 1. The quantitative estimate of drug-likeness (QED) is 0.786. The van der Waals surface area contributed by atoms with Gasteiger partial charge in [0.2, 0.25) is 0 Å². The van der Waals surface area contributed by atoms with Crippen LogP contribution in [0.5, 0.6) is 0 Å². The number of hydrogen-bond donors (Lipinski definition) is 3. The van der Waals surface area contributed by atoms with Crippen LogP contribution in [0.2, 0.25) is 0 Å². The molecule has 4 N–H and O–H groups in total. The lowest BCUT2D eigenvalue weighted by Crippen LogP contribution is -2.19. The average Bonchev–Trinajstić information content (AvgIpc) is 2.41. The summed E-state index contributed by atoms with van der Waals surface area (Å²) in [5, 5.41) is 5.89. The number of benzene rings is 1. The van der Waals surface area contributed by atoms with E-state index in [9.17, 15) is 4.79 Å². The number of aromatic nitrogens is 1. The minimum Gasteiger partial charge on any atom is -0.379 e. The van der Waals surface area contributed by atoms with Gasteiger partial charge in [0.15, 0.2) is 0 Å². The van der Waals surface area contributed by atoms with Crippen LogP contribution in [0.3, 0.4) is 0 Å². The second-order valence-electron chi connectivity index (χ2n) is 4.21. The molecule has 1 aromatic heterocycles. The first-order valence-corrected chi connectivity index (χ1v) is 5.98. The van der Waals surface area contributed by atoms with Crippen LogP contribution in [-0.4, -0.2) is 11.0 Å². The van der Waals surface area contributed by atoms with Crippen molar-refractivity contribution in [3.63, 3.8) is 0 Å². The topological polar surface area (TPSA) is 80.0 Å². The number of primary amides is 1. The van der Waals surface area contributed by atoms with Gasteiger partial charge in [-0.15, -0.1) is 0 Å². The van der Waals surface area contributed by atoms with E-state index in [1.165, 1.54) is 0 Å². The molecule has 0 bridgehead atoms. The first-order valence-electron chi connectivity index (χ1n) is 5.98. The summed E-state index contributed by atoms with van der Waals surface area (Å²) in [6.45, 7) is 2.07. The Hall–Kier alpha value is -2.56. The van der Waals surface area contributed by atoms with E-state index >= 15 is 0 Å². The van der Waals surface area contributed by atoms with Gasteiger partial charge in [0.1, 0.15) is 0 Å². The summed E-state index contributed by atoms with van der Waals surface area (Å²) in [7, 11) is 0. The Morgan fingerprint density at radius 3 is 2.26 bits per heavy atom. The first-order chi connectivity index (χ1) is 9.15. The highest BCUT2D eigenvalue weighted by atomic mass is 16.2. The predicted octanol–water partition coefficient (Wildman–Crippen LogP) is 2.75. The first kappa shape index (κ1) is 12.9. The molecular weight excluding hydrogens is 240 g/mol. The van der Waals surface area contributed by atoms with Crippen LogP contribution >= 0.6 is 0 Å². The minimum absolute atomic E-state index is 0.179. The largest absolute Gasteiger partial charge is 0.379 e. The zero-order valence-electron chi connectivity index (χ0n) is 10.6. The number of nitrogens with two attached hydrogens (primary N) is 1. The summed E-state index contributed by atoms with van der Waals surface area (Å²) in [4.78, 5) is 14.7. The van der Waals surface area contributed by atoms with Crippen LogP contribution in [0.1, 0.15) is 18.5 Å². The van der Waals surface area contributed by atoms with Gasteiger partial charge in [-0.1, -0.05) is 0 Å². The molecule has 2 rings (SSSR count). The molecule has 5 nitrogen and oxygen atoms in total. The maximum absolute atomic E-state index is 10.7. The zero-order chi connectivity index (χ0) is 13.7. The van der Waals surface area contributed by atoms with Crippen LogP contribution in [-0.2, 0) is 0 Å². The molecule has 98 valence electrons. The summed E-state index contributed by atoms with van der Waals surface area (Å²) in [5.41, 5.74) is 7.86. The molecule has 0 aliphatic heterocycles. The van der Waals surface area contributed by atoms with Gasteiger partial charge in [-0.2, -0.15) is 0 Å². The summed E-state index contributed by atoms with van der Waals surface area (Å²) < 4.78 is 0. The number of carbonyl (C=O) groups excluding carboxylic acids is 1. The average molecular weight is 256 g/mol. The highest BCUT2D eigenvalue weighted by Crippen LogP contribution is 2.20. The van der Waals surface area contributed by atoms with E-state index in [1.807, 2.05) is 24.3 Å². The summed E-state index contributed by atoms with van der Waals surface area (Å²) in [5.74, 6) is 0. The van der Waals surface area contributed by atoms with E-state index in [2.05, 4.69) is 22.5 Å². The van der Waals surface area contributed by atoms with Gasteiger partial charge in [-0.25, -0.2) is 4.79 Å². The number of amides is 2. The molecule has 0 saturated carbocycles. The van der Waals surface area contributed by atoms with Gasteiger partial charge in [0.05, 0.1) is 0 Å². The van der Waals surface area contributed by atoms with E-state index in [4.69, 9.17) is 5.73 Å². The Balaban J connectivity index is 2.01. The van der Waals surface area contributed by atoms with Crippen molar-refractivity contribution in [1.82, 2.24) is 4.98 Å². The van der Waals surface area contributed by atoms with Crippen molar-refractivity contribution in [2.24, 2.45) is 5.73 Å². The van der Waals surface area contributed by atoms with Crippen LogP contribution in [0, 0.1) is 0 Å². The van der Waals surface area contributed by atoms with Crippen LogP contribution in [0.25, 0.3) is 0 Å². The lowest BCUT2D eigenvalue weighted by Gasteiger charge is -2.15. The summed E-state index contributed by atoms with van der Waals surface area (Å²) >= 11 is 0. The van der Waals surface area contributed by atoms with Gasteiger partial charge in [-0.05, 0) is 48.9 Å². The standard InChI is InChI=1S/C14H16N4O/c1-10(11-6-8-16-9-7-11)17-12-2-4-13(5-3-12)18-14(15)19/h2-10,17H,1H3,(H3,15,18,19). The highest BCUT2D eigenvalue weighted by molar-refractivity contribution is 5.87. The Labute approximate surface area is 111 Å². The number of carbonyl (C=O) groups is 1. The Bertz CT molecular complexity index is 539. The second kappa shape index (κ2) is 5.86. The van der Waals surface area contributed by atoms with Gasteiger partial charge in [0.25, 0.3) is 0 Å². The third-order valence-corrected chi connectivity index (χ3v) is 2.74. The maximum atomic E-state index is 10.7. The van der Waals surface area contributed by atoms with Crippen LogP contribution in [0.15, 0.2) is 48.8 Å². The number of nitrogens with one attached hydrogen (secondary N) is 2. The lowest BCUT2D eigenvalue weighted by atomic mass is 10.1. The second-order valence-corrected chi connectivity index (χ2v) is 4.21. The molecule has 0 fully saturated rings. The minimum atomic E-state index is -0.564. The summed E-state index contributed by atoms with van der Waals surface area (Å²) in [6.07, 6.45) is 3.54. The van der Waals surface area contributed by atoms with Crippen molar-refractivity contribution < 1.29 is 4.79 Å². The molecule has 2 aromatic rings. The molecule has 1 aromatic carbocycles. The monoisotopic (exact) mass is 256 g/mol. The molecule has 1 atom stereocenters. The number of nitrogens with zero attached hydrogens (tertiary/aromatic N) is 1. The van der Waals surface area contributed by atoms with Crippen molar-refractivity contribution in [2.45, 2.75) is 13.0 Å². The van der Waals surface area contributed by atoms with Crippen LogP contribution < -0.4 is 16.4 Å². The summed E-state index contributed by atoms with van der Waals surface area (Å²) in [6, 6.07) is 10.9. The van der Waals surface area contributed by atoms with Crippen molar-refractivity contribution in [3.05, 3.63) is 54.4 Å². The van der Waals surface area contributed by atoms with E-state index in [-0.39, 0.29) is 6.04 Å². The van der Waals surface area contributed by atoms with E-state index in [0.29, 0.717) is 5.69 Å². The SMILES string of the molecule is CC(Nc1ccc(NC(N)=O)cc1)c1ccncc1. The molecule has 5 heteroatoms. The molecule has 0 aliphatic rings. The third-order valence-electron chi connectivity index (χ3n) is 2.74.